The molecule has 0 spiro atoms. The van der Waals surface area contributed by atoms with E-state index in [2.05, 4.69) is 10.3 Å². The molecule has 0 saturated heterocycles. The van der Waals surface area contributed by atoms with Crippen molar-refractivity contribution in [3.63, 3.8) is 0 Å². The van der Waals surface area contributed by atoms with Crippen molar-refractivity contribution >= 4 is 39.7 Å². The molecule has 1 heterocycles. The highest BCUT2D eigenvalue weighted by atomic mass is 35.5. The number of halogens is 1. The molecule has 2 rings (SSSR count). The van der Waals surface area contributed by atoms with Gasteiger partial charge in [0.05, 0.1) is 16.4 Å². The number of aromatic carboxylic acids is 1. The molecule has 1 aromatic heterocycles. The van der Waals surface area contributed by atoms with Crippen LogP contribution in [-0.2, 0) is 6.42 Å². The summed E-state index contributed by atoms with van der Waals surface area (Å²) < 4.78 is 0. The minimum absolute atomic E-state index is 0.274. The fraction of sp³-hybridized carbons (Fsp3) is 0.286. The lowest BCUT2D eigenvalue weighted by molar-refractivity contribution is 0.0701. The Morgan fingerprint density at radius 2 is 2.15 bits per heavy atom. The Balaban J connectivity index is 2.38. The maximum atomic E-state index is 11.1. The number of benzene rings is 1. The minimum Gasteiger partial charge on any atom is -0.477 e. The van der Waals surface area contributed by atoms with E-state index < -0.39 is 5.97 Å². The van der Waals surface area contributed by atoms with Crippen LogP contribution in [0.3, 0.4) is 0 Å². The number of carboxylic acids is 1. The molecule has 0 saturated carbocycles. The third-order valence-electron chi connectivity index (χ3n) is 2.89. The summed E-state index contributed by atoms with van der Waals surface area (Å²) in [5.41, 5.74) is 3.44. The van der Waals surface area contributed by atoms with Crippen molar-refractivity contribution in [3.8, 4) is 0 Å². The summed E-state index contributed by atoms with van der Waals surface area (Å²) in [6.45, 7) is 5.81. The van der Waals surface area contributed by atoms with Crippen molar-refractivity contribution < 1.29 is 9.90 Å². The van der Waals surface area contributed by atoms with Crippen LogP contribution in [-0.4, -0.2) is 16.1 Å². The molecule has 20 heavy (non-hydrogen) atoms. The van der Waals surface area contributed by atoms with E-state index in [0.29, 0.717) is 22.3 Å². The van der Waals surface area contributed by atoms with Crippen molar-refractivity contribution in [2.75, 3.05) is 5.32 Å². The molecule has 6 heteroatoms. The first-order valence-corrected chi connectivity index (χ1v) is 7.38. The van der Waals surface area contributed by atoms with Crippen LogP contribution in [0.25, 0.3) is 0 Å². The zero-order chi connectivity index (χ0) is 14.9. The Morgan fingerprint density at radius 1 is 1.45 bits per heavy atom. The average Bonchev–Trinajstić information content (AvgIpc) is 2.77. The van der Waals surface area contributed by atoms with Gasteiger partial charge in [0.2, 0.25) is 0 Å². The van der Waals surface area contributed by atoms with Crippen LogP contribution >= 0.6 is 22.9 Å². The maximum Gasteiger partial charge on any atom is 0.347 e. The van der Waals surface area contributed by atoms with Gasteiger partial charge in [-0.25, -0.2) is 9.78 Å². The first kappa shape index (κ1) is 14.8. The summed E-state index contributed by atoms with van der Waals surface area (Å²) >= 11 is 7.35. The molecule has 0 radical (unpaired) electrons. The fourth-order valence-corrected chi connectivity index (χ4v) is 3.26. The summed E-state index contributed by atoms with van der Waals surface area (Å²) in [7, 11) is 0. The largest absolute Gasteiger partial charge is 0.477 e. The lowest BCUT2D eigenvalue weighted by atomic mass is 10.1. The van der Waals surface area contributed by atoms with Crippen LogP contribution in [0.1, 0.15) is 33.4 Å². The molecule has 1 aromatic carbocycles. The van der Waals surface area contributed by atoms with Gasteiger partial charge in [0, 0.05) is 0 Å². The first-order valence-electron chi connectivity index (χ1n) is 6.19. The molecule has 0 aliphatic carbocycles. The van der Waals surface area contributed by atoms with Gasteiger partial charge in [0.25, 0.3) is 0 Å². The zero-order valence-corrected chi connectivity index (χ0v) is 13.0. The zero-order valence-electron chi connectivity index (χ0n) is 11.5. The summed E-state index contributed by atoms with van der Waals surface area (Å²) in [5, 5.41) is 13.4. The lowest BCUT2D eigenvalue weighted by Gasteiger charge is -2.10. The molecule has 4 nitrogen and oxygen atoms in total. The lowest BCUT2D eigenvalue weighted by Crippen LogP contribution is -1.97. The van der Waals surface area contributed by atoms with Gasteiger partial charge < -0.3 is 10.4 Å². The van der Waals surface area contributed by atoms with E-state index in [4.69, 9.17) is 16.7 Å². The normalized spacial score (nSPS) is 10.6. The molecule has 0 amide bonds. The number of rotatable bonds is 4. The third-order valence-corrected chi connectivity index (χ3v) is 4.19. The SMILES string of the molecule is CCc1nc(Nc2c(C)cc(C)cc2Cl)sc1C(=O)O. The predicted molar refractivity (Wildman–Crippen MR) is 82.7 cm³/mol. The second kappa shape index (κ2) is 5.81. The molecular formula is C14H15ClN2O2S. The maximum absolute atomic E-state index is 11.1. The molecule has 2 aromatic rings. The standard InChI is InChI=1S/C14H15ClN2O2S/c1-4-10-12(13(18)19)20-14(16-10)17-11-8(3)5-7(2)6-9(11)15/h5-6H,4H2,1-3H3,(H,16,17)(H,18,19). The Labute approximate surface area is 126 Å². The Kier molecular flexibility index (Phi) is 4.30. The van der Waals surface area contributed by atoms with E-state index in [1.807, 2.05) is 32.9 Å². The smallest absolute Gasteiger partial charge is 0.347 e. The van der Waals surface area contributed by atoms with Crippen molar-refractivity contribution in [1.82, 2.24) is 4.98 Å². The van der Waals surface area contributed by atoms with Crippen LogP contribution in [0.2, 0.25) is 5.02 Å². The van der Waals surface area contributed by atoms with E-state index in [0.717, 1.165) is 28.2 Å². The van der Waals surface area contributed by atoms with Crippen molar-refractivity contribution in [1.29, 1.82) is 0 Å². The Morgan fingerprint density at radius 3 is 2.65 bits per heavy atom. The summed E-state index contributed by atoms with van der Waals surface area (Å²) in [6, 6.07) is 3.88. The van der Waals surface area contributed by atoms with Gasteiger partial charge in [0.15, 0.2) is 5.13 Å². The fourth-order valence-electron chi connectivity index (χ4n) is 1.99. The quantitative estimate of drug-likeness (QED) is 0.877. The van der Waals surface area contributed by atoms with Crippen molar-refractivity contribution in [2.24, 2.45) is 0 Å². The number of aromatic nitrogens is 1. The van der Waals surface area contributed by atoms with E-state index in [1.54, 1.807) is 0 Å². The third kappa shape index (κ3) is 2.94. The monoisotopic (exact) mass is 310 g/mol. The second-order valence-electron chi connectivity index (χ2n) is 4.52. The number of anilines is 2. The van der Waals surface area contributed by atoms with Crippen LogP contribution in [0, 0.1) is 13.8 Å². The molecule has 2 N–H and O–H groups in total. The molecule has 0 fully saturated rings. The number of aryl methyl sites for hydroxylation is 3. The average molecular weight is 311 g/mol. The van der Waals surface area contributed by atoms with Gasteiger partial charge >= 0.3 is 5.97 Å². The van der Waals surface area contributed by atoms with E-state index >= 15 is 0 Å². The van der Waals surface area contributed by atoms with E-state index in [9.17, 15) is 4.79 Å². The minimum atomic E-state index is -0.945. The van der Waals surface area contributed by atoms with Gasteiger partial charge in [-0.05, 0) is 37.5 Å². The summed E-state index contributed by atoms with van der Waals surface area (Å²) in [6.07, 6.45) is 0.584. The highest BCUT2D eigenvalue weighted by Gasteiger charge is 2.17. The molecule has 0 aliphatic rings. The second-order valence-corrected chi connectivity index (χ2v) is 5.92. The number of thiazole rings is 1. The highest BCUT2D eigenvalue weighted by molar-refractivity contribution is 7.17. The van der Waals surface area contributed by atoms with Crippen LogP contribution in [0.5, 0.6) is 0 Å². The molecule has 106 valence electrons. The number of hydrogen-bond acceptors (Lipinski definition) is 4. The van der Waals surface area contributed by atoms with Gasteiger partial charge in [-0.2, -0.15) is 0 Å². The summed E-state index contributed by atoms with van der Waals surface area (Å²) in [4.78, 5) is 15.7. The Hall–Kier alpha value is -1.59. The highest BCUT2D eigenvalue weighted by Crippen LogP contribution is 2.33. The predicted octanol–water partition coefficient (Wildman–Crippen LogP) is 4.42. The van der Waals surface area contributed by atoms with Gasteiger partial charge in [-0.15, -0.1) is 0 Å². The number of hydrogen-bond donors (Lipinski definition) is 2. The molecule has 0 unspecified atom stereocenters. The van der Waals surface area contributed by atoms with E-state index in [-0.39, 0.29) is 4.88 Å². The van der Waals surface area contributed by atoms with Crippen molar-refractivity contribution in [2.45, 2.75) is 27.2 Å². The summed E-state index contributed by atoms with van der Waals surface area (Å²) in [5.74, 6) is -0.945. The van der Waals surface area contributed by atoms with Crippen LogP contribution in [0.4, 0.5) is 10.8 Å². The molecule has 0 atom stereocenters. The molecular weight excluding hydrogens is 296 g/mol. The van der Waals surface area contributed by atoms with Gasteiger partial charge in [-0.1, -0.05) is 35.9 Å². The molecule has 0 aliphatic heterocycles. The first-order chi connectivity index (χ1) is 9.42. The number of nitrogens with zero attached hydrogens (tertiary/aromatic N) is 1. The number of carbonyl (C=O) groups is 1. The van der Waals surface area contributed by atoms with Crippen LogP contribution < -0.4 is 5.32 Å². The van der Waals surface area contributed by atoms with Gasteiger partial charge in [-0.3, -0.25) is 0 Å². The van der Waals surface area contributed by atoms with E-state index in [1.165, 1.54) is 0 Å². The molecule has 0 bridgehead atoms. The topological polar surface area (TPSA) is 62.2 Å². The number of nitrogens with one attached hydrogen (secondary N) is 1. The number of carboxylic acid groups (broad SMARTS) is 1. The Bertz CT molecular complexity index is 644. The van der Waals surface area contributed by atoms with Gasteiger partial charge in [0.1, 0.15) is 4.88 Å². The van der Waals surface area contributed by atoms with Crippen LogP contribution in [0.15, 0.2) is 12.1 Å². The van der Waals surface area contributed by atoms with Crippen molar-refractivity contribution in [3.05, 3.63) is 38.9 Å².